The van der Waals surface area contributed by atoms with Gasteiger partial charge in [0.15, 0.2) is 0 Å². The van der Waals surface area contributed by atoms with Gasteiger partial charge >= 0.3 is 81.4 Å². The van der Waals surface area contributed by atoms with E-state index in [9.17, 15) is 4.79 Å². The summed E-state index contributed by atoms with van der Waals surface area (Å²) in [7, 11) is 0. The summed E-state index contributed by atoms with van der Waals surface area (Å²) in [6.45, 7) is 2.68. The van der Waals surface area contributed by atoms with Crippen molar-refractivity contribution in [3.63, 3.8) is 0 Å². The first-order valence-corrected chi connectivity index (χ1v) is 2.42. The fraction of sp³-hybridized carbons (Fsp3) is 0.600. The van der Waals surface area contributed by atoms with Crippen molar-refractivity contribution < 1.29 is 19.8 Å². The third-order valence-corrected chi connectivity index (χ3v) is 0.302. The molecule has 0 atom stereocenters. The van der Waals surface area contributed by atoms with Crippen molar-refractivity contribution in [1.82, 2.24) is 0 Å². The zero-order chi connectivity index (χ0) is 7.86. The van der Waals surface area contributed by atoms with Gasteiger partial charge in [0.05, 0.1) is 0 Å². The molecule has 0 amide bonds. The average Bonchev–Trinajstić information content (AvgIpc) is 1.65. The number of carboxylic acids is 2. The molecule has 0 aliphatic heterocycles. The third-order valence-electron chi connectivity index (χ3n) is 0.302. The Bertz CT molecular complexity index is 101. The van der Waals surface area contributed by atoms with Gasteiger partial charge in [-0.25, -0.2) is 0 Å². The molecule has 0 radical (unpaired) electrons. The second kappa shape index (κ2) is 17.5. The van der Waals surface area contributed by atoms with Crippen LogP contribution in [-0.4, -0.2) is 97.6 Å². The Morgan fingerprint density at radius 3 is 1.27 bits per heavy atom. The molecule has 0 saturated carbocycles. The molecule has 6 heteroatoms. The second-order valence-corrected chi connectivity index (χ2v) is 1.27. The molecule has 0 aromatic rings. The predicted octanol–water partition coefficient (Wildman–Crippen LogP) is -1.26. The van der Waals surface area contributed by atoms with Crippen LogP contribution < -0.4 is 0 Å². The van der Waals surface area contributed by atoms with Gasteiger partial charge in [0.2, 0.25) is 0 Å². The summed E-state index contributed by atoms with van der Waals surface area (Å²) in [6, 6.07) is 0. The minimum atomic E-state index is -0.833. The number of carbonyl (C=O) groups is 2. The Balaban J connectivity index is -0.0000000383. The zero-order valence-electron chi connectivity index (χ0n) is 5.42. The van der Waals surface area contributed by atoms with Gasteiger partial charge < -0.3 is 10.2 Å². The van der Waals surface area contributed by atoms with Crippen molar-refractivity contribution in [2.45, 2.75) is 20.3 Å². The Kier molecular flexibility index (Phi) is 36.4. The van der Waals surface area contributed by atoms with E-state index in [-0.39, 0.29) is 81.9 Å². The van der Waals surface area contributed by atoms with Gasteiger partial charge in [-0.2, -0.15) is 0 Å². The predicted molar refractivity (Wildman–Crippen MR) is 48.3 cm³/mol. The van der Waals surface area contributed by atoms with Crippen LogP contribution >= 0.6 is 0 Å². The number of carboxylic acid groups (broad SMARTS) is 2. The van der Waals surface area contributed by atoms with Gasteiger partial charge in [0, 0.05) is 13.3 Å². The molecule has 62 valence electrons. The van der Waals surface area contributed by atoms with Gasteiger partial charge in [-0.3, -0.25) is 9.59 Å². The minimum absolute atomic E-state index is 0. The maximum absolute atomic E-state index is 9.37. The molecular weight excluding hydrogens is 204 g/mol. The summed E-state index contributed by atoms with van der Waals surface area (Å²) in [5, 5.41) is 15.1. The molecule has 0 unspecified atom stereocenters. The Morgan fingerprint density at radius 2 is 1.27 bits per heavy atom. The van der Waals surface area contributed by atoms with E-state index < -0.39 is 11.9 Å². The van der Waals surface area contributed by atoms with Crippen molar-refractivity contribution in [3.05, 3.63) is 0 Å². The topological polar surface area (TPSA) is 74.6 Å². The van der Waals surface area contributed by atoms with Crippen LogP contribution in [-0.2, 0) is 9.59 Å². The fourth-order valence-electron chi connectivity index (χ4n) is 0. The zero-order valence-corrected chi connectivity index (χ0v) is 5.42. The molecule has 0 heterocycles. The van der Waals surface area contributed by atoms with E-state index >= 15 is 0 Å². The molecule has 0 aromatic heterocycles. The van der Waals surface area contributed by atoms with Gasteiger partial charge in [-0.1, -0.05) is 6.92 Å². The van der Waals surface area contributed by atoms with E-state index in [0.29, 0.717) is 0 Å². The summed E-state index contributed by atoms with van der Waals surface area (Å²) in [4.78, 5) is 18.4. The molecule has 0 aromatic carbocycles. The standard InChI is InChI=1S/C3H6O2.C2H4O2.2Ca.4H/c1-2-3(4)5;1-2(3)4;;;;;;/h2H2,1H3,(H,4,5);1H3,(H,3,4);;;;;;. The maximum atomic E-state index is 9.37. The van der Waals surface area contributed by atoms with Crippen LogP contribution in [0.5, 0.6) is 0 Å². The molecule has 0 aliphatic rings. The Morgan fingerprint density at radius 1 is 1.18 bits per heavy atom. The number of rotatable bonds is 1. The molecule has 11 heavy (non-hydrogen) atoms. The summed E-state index contributed by atoms with van der Waals surface area (Å²) < 4.78 is 0. The van der Waals surface area contributed by atoms with Gasteiger partial charge in [-0.05, 0) is 0 Å². The Labute approximate surface area is 125 Å². The van der Waals surface area contributed by atoms with Crippen LogP contribution in [0.2, 0.25) is 0 Å². The van der Waals surface area contributed by atoms with E-state index in [1.54, 1.807) is 6.92 Å². The molecule has 0 spiro atoms. The molecule has 2 N–H and O–H groups in total. The summed E-state index contributed by atoms with van der Waals surface area (Å²) >= 11 is 0. The SMILES string of the molecule is CC(=O)O.CCC(=O)O.[CaH2].[CaH2]. The first kappa shape index (κ1) is 22.9. The molecule has 0 rings (SSSR count). The van der Waals surface area contributed by atoms with Crippen molar-refractivity contribution in [3.8, 4) is 0 Å². The molecule has 0 fully saturated rings. The molecule has 0 bridgehead atoms. The van der Waals surface area contributed by atoms with Crippen LogP contribution in [0.3, 0.4) is 0 Å². The first-order valence-electron chi connectivity index (χ1n) is 2.42. The van der Waals surface area contributed by atoms with E-state index in [2.05, 4.69) is 0 Å². The van der Waals surface area contributed by atoms with Crippen LogP contribution in [0.4, 0.5) is 0 Å². The van der Waals surface area contributed by atoms with E-state index in [0.717, 1.165) is 6.92 Å². The van der Waals surface area contributed by atoms with Crippen LogP contribution in [0.1, 0.15) is 20.3 Å². The second-order valence-electron chi connectivity index (χ2n) is 1.27. The number of aliphatic carboxylic acids is 2. The molecular formula is C5H14Ca2O4. The third kappa shape index (κ3) is 85.7. The van der Waals surface area contributed by atoms with Gasteiger partial charge in [0.25, 0.3) is 5.97 Å². The van der Waals surface area contributed by atoms with Gasteiger partial charge in [0.1, 0.15) is 0 Å². The van der Waals surface area contributed by atoms with E-state index in [1.807, 2.05) is 0 Å². The van der Waals surface area contributed by atoms with Crippen LogP contribution in [0.25, 0.3) is 0 Å². The van der Waals surface area contributed by atoms with Crippen molar-refractivity contribution in [2.24, 2.45) is 0 Å². The van der Waals surface area contributed by atoms with E-state index in [4.69, 9.17) is 15.0 Å². The Hall–Kier alpha value is 1.46. The molecule has 0 saturated heterocycles. The van der Waals surface area contributed by atoms with E-state index in [1.165, 1.54) is 0 Å². The summed E-state index contributed by atoms with van der Waals surface area (Å²) in [5.74, 6) is -1.58. The van der Waals surface area contributed by atoms with Crippen molar-refractivity contribution >= 4 is 87.4 Å². The van der Waals surface area contributed by atoms with Crippen LogP contribution in [0.15, 0.2) is 0 Å². The monoisotopic (exact) mass is 218 g/mol. The normalized spacial score (nSPS) is 5.64. The summed E-state index contributed by atoms with van der Waals surface area (Å²) in [6.07, 6.45) is 0.222. The van der Waals surface area contributed by atoms with Crippen LogP contribution in [0, 0.1) is 0 Å². The number of hydrogen-bond acceptors (Lipinski definition) is 2. The summed E-state index contributed by atoms with van der Waals surface area (Å²) in [5.41, 5.74) is 0. The first-order chi connectivity index (χ1) is 4.00. The average molecular weight is 218 g/mol. The number of hydrogen-bond donors (Lipinski definition) is 2. The van der Waals surface area contributed by atoms with Gasteiger partial charge in [-0.15, -0.1) is 0 Å². The fourth-order valence-corrected chi connectivity index (χ4v) is 0. The quantitative estimate of drug-likeness (QED) is 0.539. The molecule has 4 nitrogen and oxygen atoms in total. The van der Waals surface area contributed by atoms with Crippen molar-refractivity contribution in [2.75, 3.05) is 0 Å². The molecule has 0 aliphatic carbocycles. The van der Waals surface area contributed by atoms with Crippen molar-refractivity contribution in [1.29, 1.82) is 0 Å².